The Kier molecular flexibility index (Phi) is 3.94. The molecule has 1 fully saturated rings. The molecule has 0 radical (unpaired) electrons. The van der Waals surface area contributed by atoms with E-state index in [-0.39, 0.29) is 6.10 Å². The summed E-state index contributed by atoms with van der Waals surface area (Å²) in [7, 11) is 0. The molecule has 1 aliphatic heterocycles. The number of hydrogen-bond donors (Lipinski definition) is 1. The van der Waals surface area contributed by atoms with Crippen molar-refractivity contribution in [3.63, 3.8) is 0 Å². The quantitative estimate of drug-likeness (QED) is 0.670. The van der Waals surface area contributed by atoms with Crippen molar-refractivity contribution in [3.8, 4) is 0 Å². The van der Waals surface area contributed by atoms with Crippen LogP contribution in [0.3, 0.4) is 0 Å². The van der Waals surface area contributed by atoms with Gasteiger partial charge in [0.2, 0.25) is 0 Å². The van der Waals surface area contributed by atoms with Crippen molar-refractivity contribution in [1.29, 1.82) is 0 Å². The third-order valence-corrected chi connectivity index (χ3v) is 2.94. The van der Waals surface area contributed by atoms with Crippen molar-refractivity contribution in [2.24, 2.45) is 5.92 Å². The molecular weight excluding hydrogens is 162 g/mol. The molecule has 1 rings (SSSR count). The fraction of sp³-hybridized carbons (Fsp3) is 0.818. The number of rotatable bonds is 4. The highest BCUT2D eigenvalue weighted by Crippen LogP contribution is 2.20. The van der Waals surface area contributed by atoms with Gasteiger partial charge in [-0.2, -0.15) is 0 Å². The predicted octanol–water partition coefficient (Wildman–Crippen LogP) is 1.66. The van der Waals surface area contributed by atoms with E-state index >= 15 is 0 Å². The molecule has 0 aromatic heterocycles. The van der Waals surface area contributed by atoms with E-state index < -0.39 is 0 Å². The van der Waals surface area contributed by atoms with Crippen LogP contribution in [0.4, 0.5) is 0 Å². The maximum absolute atomic E-state index is 9.41. The third kappa shape index (κ3) is 3.12. The van der Waals surface area contributed by atoms with Gasteiger partial charge in [0, 0.05) is 13.1 Å². The third-order valence-electron chi connectivity index (χ3n) is 2.94. The Morgan fingerprint density at radius 3 is 2.85 bits per heavy atom. The summed E-state index contributed by atoms with van der Waals surface area (Å²) >= 11 is 0. The molecule has 76 valence electrons. The number of likely N-dealkylation sites (tertiary alicyclic amines) is 1. The zero-order chi connectivity index (χ0) is 9.84. The Labute approximate surface area is 81.2 Å². The van der Waals surface area contributed by atoms with E-state index in [1.165, 1.54) is 5.57 Å². The molecule has 0 saturated carbocycles. The summed E-state index contributed by atoms with van der Waals surface area (Å²) in [5, 5.41) is 9.41. The smallest absolute Gasteiger partial charge is 0.0552 e. The fourth-order valence-corrected chi connectivity index (χ4v) is 1.83. The molecule has 0 aliphatic carbocycles. The highest BCUT2D eigenvalue weighted by molar-refractivity contribution is 4.97. The molecule has 0 aromatic rings. The second kappa shape index (κ2) is 4.77. The lowest BCUT2D eigenvalue weighted by molar-refractivity contribution is 0.128. The second-order valence-corrected chi connectivity index (χ2v) is 4.13. The molecular formula is C11H21NO. The average Bonchev–Trinajstić information content (AvgIpc) is 2.52. The van der Waals surface area contributed by atoms with Gasteiger partial charge < -0.3 is 5.11 Å². The van der Waals surface area contributed by atoms with E-state index in [9.17, 15) is 5.11 Å². The summed E-state index contributed by atoms with van der Waals surface area (Å²) in [5.41, 5.74) is 1.30. The van der Waals surface area contributed by atoms with E-state index in [0.717, 1.165) is 32.5 Å². The average molecular weight is 183 g/mol. The van der Waals surface area contributed by atoms with Crippen molar-refractivity contribution in [2.45, 2.75) is 32.8 Å². The molecule has 1 heterocycles. The zero-order valence-corrected chi connectivity index (χ0v) is 8.79. The summed E-state index contributed by atoms with van der Waals surface area (Å²) in [4.78, 5) is 2.39. The molecule has 0 spiro atoms. The van der Waals surface area contributed by atoms with Crippen molar-refractivity contribution >= 4 is 0 Å². The first-order chi connectivity index (χ1) is 6.13. The van der Waals surface area contributed by atoms with Gasteiger partial charge in [-0.15, -0.1) is 0 Å². The van der Waals surface area contributed by atoms with E-state index in [4.69, 9.17) is 0 Å². The molecule has 2 nitrogen and oxygen atoms in total. The number of aliphatic hydroxyl groups excluding tert-OH is 1. The van der Waals surface area contributed by atoms with Gasteiger partial charge in [-0.3, -0.25) is 4.90 Å². The van der Waals surface area contributed by atoms with Crippen LogP contribution in [0.2, 0.25) is 0 Å². The summed E-state index contributed by atoms with van der Waals surface area (Å²) in [5.74, 6) is 0.477. The number of aliphatic hydroxyl groups is 1. The first kappa shape index (κ1) is 10.7. The molecule has 1 N–H and O–H groups in total. The Hall–Kier alpha value is -0.340. The van der Waals surface area contributed by atoms with Crippen molar-refractivity contribution in [1.82, 2.24) is 4.90 Å². The van der Waals surface area contributed by atoms with Crippen molar-refractivity contribution in [3.05, 3.63) is 12.2 Å². The minimum Gasteiger partial charge on any atom is -0.393 e. The predicted molar refractivity (Wildman–Crippen MR) is 55.7 cm³/mol. The highest BCUT2D eigenvalue weighted by Gasteiger charge is 2.25. The van der Waals surface area contributed by atoms with Crippen LogP contribution in [0.25, 0.3) is 0 Å². The molecule has 2 atom stereocenters. The van der Waals surface area contributed by atoms with Crippen LogP contribution in [-0.2, 0) is 0 Å². The molecule has 1 saturated heterocycles. The lowest BCUT2D eigenvalue weighted by Crippen LogP contribution is -2.25. The molecule has 2 heteroatoms. The second-order valence-electron chi connectivity index (χ2n) is 4.13. The highest BCUT2D eigenvalue weighted by atomic mass is 16.3. The lowest BCUT2D eigenvalue weighted by atomic mass is 10.0. The van der Waals surface area contributed by atoms with Crippen LogP contribution >= 0.6 is 0 Å². The maximum Gasteiger partial charge on any atom is 0.0552 e. The Morgan fingerprint density at radius 1 is 1.69 bits per heavy atom. The monoisotopic (exact) mass is 183 g/mol. The van der Waals surface area contributed by atoms with E-state index in [1.807, 2.05) is 6.92 Å². The van der Waals surface area contributed by atoms with Crippen LogP contribution in [-0.4, -0.2) is 35.7 Å². The SMILES string of the molecule is C=C(CC)CN1CCC(C(C)O)C1. The van der Waals surface area contributed by atoms with Crippen LogP contribution in [0.5, 0.6) is 0 Å². The van der Waals surface area contributed by atoms with Crippen LogP contribution in [0.1, 0.15) is 26.7 Å². The topological polar surface area (TPSA) is 23.5 Å². The molecule has 0 bridgehead atoms. The van der Waals surface area contributed by atoms with Crippen molar-refractivity contribution < 1.29 is 5.11 Å². The standard InChI is InChI=1S/C11H21NO/c1-4-9(2)7-12-6-5-11(8-12)10(3)13/h10-11,13H,2,4-8H2,1,3H3. The summed E-state index contributed by atoms with van der Waals surface area (Å²) in [6.07, 6.45) is 2.05. The summed E-state index contributed by atoms with van der Waals surface area (Å²) in [6.45, 7) is 11.2. The number of nitrogens with zero attached hydrogens (tertiary/aromatic N) is 1. The zero-order valence-electron chi connectivity index (χ0n) is 8.79. The van der Waals surface area contributed by atoms with E-state index in [1.54, 1.807) is 0 Å². The maximum atomic E-state index is 9.41. The van der Waals surface area contributed by atoms with Gasteiger partial charge >= 0.3 is 0 Å². The summed E-state index contributed by atoms with van der Waals surface area (Å²) < 4.78 is 0. The van der Waals surface area contributed by atoms with E-state index in [0.29, 0.717) is 5.92 Å². The van der Waals surface area contributed by atoms with Gasteiger partial charge in [0.15, 0.2) is 0 Å². The van der Waals surface area contributed by atoms with Crippen LogP contribution < -0.4 is 0 Å². The van der Waals surface area contributed by atoms with Gasteiger partial charge in [-0.05, 0) is 32.2 Å². The molecule has 1 aliphatic rings. The van der Waals surface area contributed by atoms with Crippen LogP contribution in [0.15, 0.2) is 12.2 Å². The number of hydrogen-bond acceptors (Lipinski definition) is 2. The van der Waals surface area contributed by atoms with Crippen LogP contribution in [0, 0.1) is 5.92 Å². The fourth-order valence-electron chi connectivity index (χ4n) is 1.83. The molecule has 0 amide bonds. The van der Waals surface area contributed by atoms with Gasteiger partial charge in [0.1, 0.15) is 0 Å². The lowest BCUT2D eigenvalue weighted by Gasteiger charge is -2.17. The Balaban J connectivity index is 2.29. The Morgan fingerprint density at radius 2 is 2.38 bits per heavy atom. The molecule has 13 heavy (non-hydrogen) atoms. The summed E-state index contributed by atoms with van der Waals surface area (Å²) in [6, 6.07) is 0. The van der Waals surface area contributed by atoms with Gasteiger partial charge in [-0.25, -0.2) is 0 Å². The minimum atomic E-state index is -0.153. The molecule has 2 unspecified atom stereocenters. The first-order valence-electron chi connectivity index (χ1n) is 5.20. The first-order valence-corrected chi connectivity index (χ1v) is 5.20. The Bertz CT molecular complexity index is 177. The van der Waals surface area contributed by atoms with Gasteiger partial charge in [0.25, 0.3) is 0 Å². The van der Waals surface area contributed by atoms with Gasteiger partial charge in [0.05, 0.1) is 6.10 Å². The van der Waals surface area contributed by atoms with Gasteiger partial charge in [-0.1, -0.05) is 19.1 Å². The largest absolute Gasteiger partial charge is 0.393 e. The normalized spacial score (nSPS) is 26.2. The molecule has 0 aromatic carbocycles. The minimum absolute atomic E-state index is 0.153. The van der Waals surface area contributed by atoms with Crippen molar-refractivity contribution in [2.75, 3.05) is 19.6 Å². The van der Waals surface area contributed by atoms with E-state index in [2.05, 4.69) is 18.4 Å².